The van der Waals surface area contributed by atoms with E-state index in [-0.39, 0.29) is 23.7 Å². The molecule has 1 amide bonds. The second-order valence-corrected chi connectivity index (χ2v) is 6.69. The standard InChI is InChI=1S/C19H14F4N4OS/c1-2-9-27-18(11-5-3-4-6-12(11)20)25-26-19(27)29-10-15(28)24-14-8-7-13(21)16(22)17(14)23/h2-8H,1,9-10H2,(H,24,28). The summed E-state index contributed by atoms with van der Waals surface area (Å²) in [7, 11) is 0. The number of amides is 1. The molecule has 150 valence electrons. The zero-order valence-corrected chi connectivity index (χ0v) is 15.6. The Morgan fingerprint density at radius 3 is 2.55 bits per heavy atom. The Hall–Kier alpha value is -3.14. The third-order valence-electron chi connectivity index (χ3n) is 3.78. The number of hydrogen-bond donors (Lipinski definition) is 1. The van der Waals surface area contributed by atoms with Crippen molar-refractivity contribution in [3.05, 3.63) is 72.3 Å². The number of carbonyl (C=O) groups is 1. The maximum atomic E-state index is 14.1. The molecule has 0 aliphatic heterocycles. The molecule has 0 spiro atoms. The summed E-state index contributed by atoms with van der Waals surface area (Å²) in [5.41, 5.74) is -0.240. The van der Waals surface area contributed by atoms with Gasteiger partial charge in [0.15, 0.2) is 28.4 Å². The first kappa shape index (κ1) is 20.6. The molecule has 0 atom stereocenters. The highest BCUT2D eigenvalue weighted by Gasteiger charge is 2.19. The van der Waals surface area contributed by atoms with Crippen LogP contribution < -0.4 is 5.32 Å². The van der Waals surface area contributed by atoms with Gasteiger partial charge in [-0.15, -0.1) is 16.8 Å². The monoisotopic (exact) mass is 422 g/mol. The van der Waals surface area contributed by atoms with E-state index in [0.717, 1.165) is 17.8 Å². The Morgan fingerprint density at radius 2 is 1.83 bits per heavy atom. The van der Waals surface area contributed by atoms with Gasteiger partial charge in [0.05, 0.1) is 17.0 Å². The van der Waals surface area contributed by atoms with Gasteiger partial charge in [0.25, 0.3) is 0 Å². The Labute approximate surface area is 167 Å². The van der Waals surface area contributed by atoms with Crippen LogP contribution in [0.25, 0.3) is 11.4 Å². The van der Waals surface area contributed by atoms with Crippen molar-refractivity contribution in [2.75, 3.05) is 11.1 Å². The predicted octanol–water partition coefficient (Wildman–Crippen LogP) is 4.42. The molecule has 0 unspecified atom stereocenters. The Kier molecular flexibility index (Phi) is 6.32. The number of thioether (sulfide) groups is 1. The minimum absolute atomic E-state index is 0.217. The van der Waals surface area contributed by atoms with Crippen LogP contribution in [0.5, 0.6) is 0 Å². The van der Waals surface area contributed by atoms with E-state index in [0.29, 0.717) is 11.2 Å². The highest BCUT2D eigenvalue weighted by atomic mass is 32.2. The molecule has 1 heterocycles. The number of carbonyl (C=O) groups excluding carboxylic acids is 1. The minimum Gasteiger partial charge on any atom is -0.323 e. The number of anilines is 1. The largest absolute Gasteiger partial charge is 0.323 e. The van der Waals surface area contributed by atoms with E-state index in [1.54, 1.807) is 28.8 Å². The third-order valence-corrected chi connectivity index (χ3v) is 4.75. The van der Waals surface area contributed by atoms with E-state index < -0.39 is 34.9 Å². The molecule has 0 fully saturated rings. The fourth-order valence-corrected chi connectivity index (χ4v) is 3.22. The van der Waals surface area contributed by atoms with Crippen LogP contribution in [0.15, 0.2) is 54.2 Å². The number of benzene rings is 2. The summed E-state index contributed by atoms with van der Waals surface area (Å²) in [6, 6.07) is 7.67. The van der Waals surface area contributed by atoms with Crippen molar-refractivity contribution in [2.45, 2.75) is 11.7 Å². The Bertz CT molecular complexity index is 1070. The quantitative estimate of drug-likeness (QED) is 0.265. The van der Waals surface area contributed by atoms with Crippen LogP contribution in [0, 0.1) is 23.3 Å². The normalized spacial score (nSPS) is 10.8. The molecule has 10 heteroatoms. The first-order chi connectivity index (χ1) is 13.9. The Balaban J connectivity index is 1.75. The Morgan fingerprint density at radius 1 is 1.07 bits per heavy atom. The molecule has 3 aromatic rings. The molecule has 0 bridgehead atoms. The van der Waals surface area contributed by atoms with E-state index in [9.17, 15) is 22.4 Å². The number of allylic oxidation sites excluding steroid dienone is 1. The maximum absolute atomic E-state index is 14.1. The van der Waals surface area contributed by atoms with Crippen molar-refractivity contribution in [3.8, 4) is 11.4 Å². The smallest absolute Gasteiger partial charge is 0.234 e. The van der Waals surface area contributed by atoms with Gasteiger partial charge in [-0.3, -0.25) is 9.36 Å². The van der Waals surface area contributed by atoms with Gasteiger partial charge in [-0.1, -0.05) is 30.0 Å². The summed E-state index contributed by atoms with van der Waals surface area (Å²) in [6.07, 6.45) is 1.56. The number of nitrogens with one attached hydrogen (secondary N) is 1. The van der Waals surface area contributed by atoms with Crippen molar-refractivity contribution in [2.24, 2.45) is 0 Å². The fraction of sp³-hybridized carbons (Fsp3) is 0.105. The average molecular weight is 422 g/mol. The van der Waals surface area contributed by atoms with Crippen molar-refractivity contribution in [1.29, 1.82) is 0 Å². The molecule has 0 aliphatic carbocycles. The van der Waals surface area contributed by atoms with E-state index in [4.69, 9.17) is 0 Å². The second kappa shape index (κ2) is 8.91. The zero-order valence-electron chi connectivity index (χ0n) is 14.8. The highest BCUT2D eigenvalue weighted by Crippen LogP contribution is 2.26. The van der Waals surface area contributed by atoms with Gasteiger partial charge >= 0.3 is 0 Å². The van der Waals surface area contributed by atoms with Crippen LogP contribution in [0.4, 0.5) is 23.2 Å². The van der Waals surface area contributed by atoms with Crippen molar-refractivity contribution in [1.82, 2.24) is 14.8 Å². The first-order valence-electron chi connectivity index (χ1n) is 8.27. The first-order valence-corrected chi connectivity index (χ1v) is 9.26. The van der Waals surface area contributed by atoms with E-state index in [1.165, 1.54) is 6.07 Å². The van der Waals surface area contributed by atoms with Gasteiger partial charge < -0.3 is 5.32 Å². The van der Waals surface area contributed by atoms with Crippen molar-refractivity contribution >= 4 is 23.4 Å². The fourth-order valence-electron chi connectivity index (χ4n) is 2.47. The SMILES string of the molecule is C=CCn1c(SCC(=O)Nc2ccc(F)c(F)c2F)nnc1-c1ccccc1F. The number of aromatic nitrogens is 3. The molecule has 1 aromatic heterocycles. The number of halogens is 4. The molecule has 1 N–H and O–H groups in total. The second-order valence-electron chi connectivity index (χ2n) is 5.75. The minimum atomic E-state index is -1.67. The van der Waals surface area contributed by atoms with Gasteiger partial charge in [0.1, 0.15) is 5.82 Å². The summed E-state index contributed by atoms with van der Waals surface area (Å²) in [5.74, 6) is -5.61. The summed E-state index contributed by atoms with van der Waals surface area (Å²) in [5, 5.41) is 10.4. The molecule has 29 heavy (non-hydrogen) atoms. The van der Waals surface area contributed by atoms with Gasteiger partial charge in [0, 0.05) is 6.54 Å². The lowest BCUT2D eigenvalue weighted by Gasteiger charge is -2.09. The molecule has 0 radical (unpaired) electrons. The topological polar surface area (TPSA) is 59.8 Å². The molecule has 0 aliphatic rings. The van der Waals surface area contributed by atoms with Crippen LogP contribution >= 0.6 is 11.8 Å². The lowest BCUT2D eigenvalue weighted by molar-refractivity contribution is -0.113. The predicted molar refractivity (Wildman–Crippen MR) is 101 cm³/mol. The lowest BCUT2D eigenvalue weighted by Crippen LogP contribution is -2.16. The van der Waals surface area contributed by atoms with Crippen LogP contribution in [-0.4, -0.2) is 26.4 Å². The van der Waals surface area contributed by atoms with Crippen LogP contribution in [0.3, 0.4) is 0 Å². The molecular formula is C19H14F4N4OS. The lowest BCUT2D eigenvalue weighted by atomic mass is 10.2. The molecule has 5 nitrogen and oxygen atoms in total. The van der Waals surface area contributed by atoms with Crippen molar-refractivity contribution in [3.63, 3.8) is 0 Å². The van der Waals surface area contributed by atoms with Crippen molar-refractivity contribution < 1.29 is 22.4 Å². The molecule has 0 saturated carbocycles. The molecule has 0 saturated heterocycles. The van der Waals surface area contributed by atoms with Crippen LogP contribution in [0.1, 0.15) is 0 Å². The van der Waals surface area contributed by atoms with Crippen LogP contribution in [-0.2, 0) is 11.3 Å². The summed E-state index contributed by atoms with van der Waals surface area (Å²) < 4.78 is 55.6. The van der Waals surface area contributed by atoms with Gasteiger partial charge in [0.2, 0.25) is 5.91 Å². The van der Waals surface area contributed by atoms with Gasteiger partial charge in [-0.2, -0.15) is 0 Å². The van der Waals surface area contributed by atoms with Gasteiger partial charge in [-0.05, 0) is 24.3 Å². The van der Waals surface area contributed by atoms with E-state index >= 15 is 0 Å². The van der Waals surface area contributed by atoms with E-state index in [1.807, 2.05) is 0 Å². The zero-order chi connectivity index (χ0) is 21.0. The molecule has 3 rings (SSSR count). The number of nitrogens with zero attached hydrogens (tertiary/aromatic N) is 3. The number of rotatable bonds is 7. The summed E-state index contributed by atoms with van der Waals surface area (Å²) >= 11 is 0.966. The average Bonchev–Trinajstić information content (AvgIpc) is 3.10. The summed E-state index contributed by atoms with van der Waals surface area (Å²) in [6.45, 7) is 3.91. The molecule has 2 aromatic carbocycles. The van der Waals surface area contributed by atoms with E-state index in [2.05, 4.69) is 22.1 Å². The maximum Gasteiger partial charge on any atom is 0.234 e. The van der Waals surface area contributed by atoms with Crippen LogP contribution in [0.2, 0.25) is 0 Å². The highest BCUT2D eigenvalue weighted by molar-refractivity contribution is 7.99. The molecular weight excluding hydrogens is 408 g/mol. The van der Waals surface area contributed by atoms with Gasteiger partial charge in [-0.25, -0.2) is 17.6 Å². The third kappa shape index (κ3) is 4.48. The number of hydrogen-bond acceptors (Lipinski definition) is 4. The summed E-state index contributed by atoms with van der Waals surface area (Å²) in [4.78, 5) is 12.1.